The van der Waals surface area contributed by atoms with E-state index in [4.69, 9.17) is 5.26 Å². The molecule has 0 bridgehead atoms. The number of rotatable bonds is 4. The molecule has 2 aromatic carbocycles. The van der Waals surface area contributed by atoms with E-state index in [9.17, 15) is 18.4 Å². The molecule has 0 aliphatic rings. The Morgan fingerprint density at radius 3 is 2.14 bits per heavy atom. The van der Waals surface area contributed by atoms with Crippen LogP contribution in [-0.2, 0) is 0 Å². The number of halogens is 2. The van der Waals surface area contributed by atoms with Gasteiger partial charge in [0.2, 0.25) is 0 Å². The van der Waals surface area contributed by atoms with Gasteiger partial charge in [-0.25, -0.2) is 8.78 Å². The van der Waals surface area contributed by atoms with Gasteiger partial charge in [-0.1, -0.05) is 12.1 Å². The van der Waals surface area contributed by atoms with Crippen molar-refractivity contribution in [2.24, 2.45) is 5.92 Å². The topological polar surface area (TPSA) is 57.9 Å². The van der Waals surface area contributed by atoms with Crippen LogP contribution in [0.3, 0.4) is 0 Å². The number of nitriles is 1. The molecule has 1 atom stereocenters. The van der Waals surface area contributed by atoms with Crippen molar-refractivity contribution >= 4 is 11.6 Å². The molecule has 0 heterocycles. The van der Waals surface area contributed by atoms with Gasteiger partial charge in [0.15, 0.2) is 17.5 Å². The van der Waals surface area contributed by atoms with Gasteiger partial charge in [-0.2, -0.15) is 5.26 Å². The third kappa shape index (κ3) is 3.00. The molecule has 0 spiro atoms. The van der Waals surface area contributed by atoms with Crippen molar-refractivity contribution < 1.29 is 18.4 Å². The standard InChI is InChI=1S/C16H9F2NO2/c17-11-7-5-10(6-8-11)15(20)13(9-19)16(21)12-3-1-2-4-14(12)18/h1-8,13H. The maximum Gasteiger partial charge on any atom is 0.190 e. The van der Waals surface area contributed by atoms with Crippen LogP contribution in [0.4, 0.5) is 8.78 Å². The summed E-state index contributed by atoms with van der Waals surface area (Å²) < 4.78 is 26.4. The van der Waals surface area contributed by atoms with Crippen molar-refractivity contribution in [2.45, 2.75) is 0 Å². The Kier molecular flexibility index (Phi) is 4.19. The SMILES string of the molecule is N#CC(C(=O)c1ccc(F)cc1)C(=O)c1ccccc1F. The van der Waals surface area contributed by atoms with E-state index in [2.05, 4.69) is 0 Å². The number of Topliss-reactive ketones (excluding diaryl/α,β-unsaturated/α-hetero) is 2. The smallest absolute Gasteiger partial charge is 0.190 e. The average molecular weight is 285 g/mol. The largest absolute Gasteiger partial charge is 0.292 e. The predicted octanol–water partition coefficient (Wildman–Crippen LogP) is 3.17. The molecule has 0 aliphatic heterocycles. The zero-order valence-corrected chi connectivity index (χ0v) is 10.7. The summed E-state index contributed by atoms with van der Waals surface area (Å²) in [5.41, 5.74) is -0.299. The van der Waals surface area contributed by atoms with E-state index in [1.165, 1.54) is 30.3 Å². The number of hydrogen-bond acceptors (Lipinski definition) is 3. The molecule has 5 heteroatoms. The van der Waals surface area contributed by atoms with E-state index in [1.54, 1.807) is 6.07 Å². The van der Waals surface area contributed by atoms with Crippen molar-refractivity contribution in [3.05, 3.63) is 71.3 Å². The monoisotopic (exact) mass is 285 g/mol. The molecule has 2 rings (SSSR count). The molecule has 0 saturated heterocycles. The molecule has 104 valence electrons. The highest BCUT2D eigenvalue weighted by molar-refractivity contribution is 6.18. The first-order valence-electron chi connectivity index (χ1n) is 6.02. The first-order valence-corrected chi connectivity index (χ1v) is 6.02. The summed E-state index contributed by atoms with van der Waals surface area (Å²) in [5.74, 6) is -4.70. The van der Waals surface area contributed by atoms with Crippen molar-refractivity contribution in [3.8, 4) is 6.07 Å². The van der Waals surface area contributed by atoms with Crippen LogP contribution >= 0.6 is 0 Å². The normalized spacial score (nSPS) is 11.5. The summed E-state index contributed by atoms with van der Waals surface area (Å²) in [7, 11) is 0. The quantitative estimate of drug-likeness (QED) is 0.640. The summed E-state index contributed by atoms with van der Waals surface area (Å²) in [4.78, 5) is 24.2. The molecule has 3 nitrogen and oxygen atoms in total. The second kappa shape index (κ2) is 6.06. The number of nitrogens with zero attached hydrogens (tertiary/aromatic N) is 1. The molecule has 0 amide bonds. The van der Waals surface area contributed by atoms with Gasteiger partial charge >= 0.3 is 0 Å². The van der Waals surface area contributed by atoms with E-state index in [0.717, 1.165) is 18.2 Å². The lowest BCUT2D eigenvalue weighted by atomic mass is 9.91. The van der Waals surface area contributed by atoms with Crippen molar-refractivity contribution in [1.82, 2.24) is 0 Å². The zero-order chi connectivity index (χ0) is 15.4. The Bertz CT molecular complexity index is 733. The highest BCUT2D eigenvalue weighted by Crippen LogP contribution is 2.17. The number of carbonyl (C=O) groups is 2. The second-order valence-electron chi connectivity index (χ2n) is 4.28. The lowest BCUT2D eigenvalue weighted by Gasteiger charge is -2.08. The summed E-state index contributed by atoms with van der Waals surface area (Å²) in [6.07, 6.45) is 0. The molecule has 0 N–H and O–H groups in total. The lowest BCUT2D eigenvalue weighted by molar-refractivity contribution is 0.0843. The molecule has 2 aromatic rings. The van der Waals surface area contributed by atoms with E-state index < -0.39 is 29.1 Å². The van der Waals surface area contributed by atoms with Crippen LogP contribution < -0.4 is 0 Å². The highest BCUT2D eigenvalue weighted by Gasteiger charge is 2.29. The van der Waals surface area contributed by atoms with Gasteiger partial charge < -0.3 is 0 Å². The van der Waals surface area contributed by atoms with Gasteiger partial charge in [-0.15, -0.1) is 0 Å². The minimum Gasteiger partial charge on any atom is -0.292 e. The average Bonchev–Trinajstić information content (AvgIpc) is 2.49. The van der Waals surface area contributed by atoms with Crippen molar-refractivity contribution in [2.75, 3.05) is 0 Å². The fourth-order valence-electron chi connectivity index (χ4n) is 1.83. The van der Waals surface area contributed by atoms with Crippen LogP contribution in [0.2, 0.25) is 0 Å². The minimum absolute atomic E-state index is 0.0210. The highest BCUT2D eigenvalue weighted by atomic mass is 19.1. The first kappa shape index (κ1) is 14.5. The lowest BCUT2D eigenvalue weighted by Crippen LogP contribution is -2.23. The van der Waals surface area contributed by atoms with E-state index in [-0.39, 0.29) is 11.1 Å². The molecule has 0 fully saturated rings. The summed E-state index contributed by atoms with van der Waals surface area (Å²) in [6, 6.07) is 11.2. The molecule has 0 aliphatic carbocycles. The predicted molar refractivity (Wildman–Crippen MR) is 70.6 cm³/mol. The molecule has 0 aromatic heterocycles. The Labute approximate surface area is 119 Å². The summed E-state index contributed by atoms with van der Waals surface area (Å²) in [6.45, 7) is 0. The number of hydrogen-bond donors (Lipinski definition) is 0. The Morgan fingerprint density at radius 1 is 0.952 bits per heavy atom. The van der Waals surface area contributed by atoms with Gasteiger partial charge in [0.05, 0.1) is 11.6 Å². The van der Waals surface area contributed by atoms with E-state index in [1.807, 2.05) is 0 Å². The Balaban J connectivity index is 2.34. The van der Waals surface area contributed by atoms with Gasteiger partial charge in [-0.3, -0.25) is 9.59 Å². The van der Waals surface area contributed by atoms with Gasteiger partial charge in [0, 0.05) is 5.56 Å². The van der Waals surface area contributed by atoms with Crippen molar-refractivity contribution in [1.29, 1.82) is 5.26 Å². The molecule has 0 saturated carbocycles. The Morgan fingerprint density at radius 2 is 1.57 bits per heavy atom. The molecule has 21 heavy (non-hydrogen) atoms. The van der Waals surface area contributed by atoms with Crippen LogP contribution in [0, 0.1) is 28.9 Å². The summed E-state index contributed by atoms with van der Waals surface area (Å²) in [5, 5.41) is 9.05. The van der Waals surface area contributed by atoms with Gasteiger partial charge in [0.1, 0.15) is 11.6 Å². The second-order valence-corrected chi connectivity index (χ2v) is 4.28. The number of ketones is 2. The van der Waals surface area contributed by atoms with Crippen LogP contribution in [0.1, 0.15) is 20.7 Å². The number of carbonyl (C=O) groups excluding carboxylic acids is 2. The minimum atomic E-state index is -1.66. The van der Waals surface area contributed by atoms with Crippen LogP contribution in [0.25, 0.3) is 0 Å². The molecule has 1 unspecified atom stereocenters. The van der Waals surface area contributed by atoms with Crippen LogP contribution in [0.5, 0.6) is 0 Å². The molecular weight excluding hydrogens is 276 g/mol. The third-order valence-electron chi connectivity index (χ3n) is 2.92. The zero-order valence-electron chi connectivity index (χ0n) is 10.7. The van der Waals surface area contributed by atoms with Gasteiger partial charge in [0.25, 0.3) is 0 Å². The van der Waals surface area contributed by atoms with Crippen molar-refractivity contribution in [3.63, 3.8) is 0 Å². The first-order chi connectivity index (χ1) is 10.0. The third-order valence-corrected chi connectivity index (χ3v) is 2.92. The number of benzene rings is 2. The van der Waals surface area contributed by atoms with Gasteiger partial charge in [-0.05, 0) is 36.4 Å². The maximum absolute atomic E-state index is 13.6. The van der Waals surface area contributed by atoms with Crippen LogP contribution in [0.15, 0.2) is 48.5 Å². The maximum atomic E-state index is 13.6. The van der Waals surface area contributed by atoms with E-state index >= 15 is 0 Å². The fourth-order valence-corrected chi connectivity index (χ4v) is 1.83. The molecular formula is C16H9F2NO2. The molecule has 0 radical (unpaired) electrons. The fraction of sp³-hybridized carbons (Fsp3) is 0.0625. The Hall–Kier alpha value is -2.87. The summed E-state index contributed by atoms with van der Waals surface area (Å²) >= 11 is 0. The van der Waals surface area contributed by atoms with E-state index in [0.29, 0.717) is 0 Å². The van der Waals surface area contributed by atoms with Crippen LogP contribution in [-0.4, -0.2) is 11.6 Å².